The molecule has 3 aromatic rings. The van der Waals surface area contributed by atoms with E-state index in [2.05, 4.69) is 15.3 Å². The van der Waals surface area contributed by atoms with Gasteiger partial charge in [0.15, 0.2) is 0 Å². The summed E-state index contributed by atoms with van der Waals surface area (Å²) in [5.74, 6) is 1.84. The SMILES string of the molecule is O=C(Nc1ccccc1-c1ncc[nH]1)[C@H]1C[C@@H]1c1ccco1. The van der Waals surface area contributed by atoms with Crippen LogP contribution in [0.3, 0.4) is 0 Å². The summed E-state index contributed by atoms with van der Waals surface area (Å²) in [6, 6.07) is 11.4. The second-order valence-electron chi connectivity index (χ2n) is 5.44. The molecule has 2 aromatic heterocycles. The molecule has 1 aromatic carbocycles. The molecule has 0 aliphatic heterocycles. The number of imidazole rings is 1. The minimum atomic E-state index is -0.0178. The van der Waals surface area contributed by atoms with Gasteiger partial charge >= 0.3 is 0 Å². The van der Waals surface area contributed by atoms with Crippen LogP contribution in [0.4, 0.5) is 5.69 Å². The highest BCUT2D eigenvalue weighted by atomic mass is 16.3. The Morgan fingerprint density at radius 1 is 1.27 bits per heavy atom. The third-order valence-electron chi connectivity index (χ3n) is 3.97. The molecule has 1 aliphatic carbocycles. The summed E-state index contributed by atoms with van der Waals surface area (Å²) < 4.78 is 5.38. The second kappa shape index (κ2) is 5.18. The molecule has 1 amide bonds. The number of carbonyl (C=O) groups excluding carboxylic acids is 1. The number of nitrogens with zero attached hydrogens (tertiary/aromatic N) is 1. The molecule has 0 saturated heterocycles. The molecule has 1 saturated carbocycles. The predicted molar refractivity (Wildman–Crippen MR) is 82.2 cm³/mol. The maximum atomic E-state index is 12.4. The predicted octanol–water partition coefficient (Wildman–Crippen LogP) is 3.41. The lowest BCUT2D eigenvalue weighted by Gasteiger charge is -2.09. The number of H-pyrrole nitrogens is 1. The monoisotopic (exact) mass is 293 g/mol. The second-order valence-corrected chi connectivity index (χ2v) is 5.44. The summed E-state index contributed by atoms with van der Waals surface area (Å²) in [5.41, 5.74) is 1.66. The fraction of sp³-hybridized carbons (Fsp3) is 0.176. The van der Waals surface area contributed by atoms with Gasteiger partial charge in [-0.1, -0.05) is 12.1 Å². The van der Waals surface area contributed by atoms with Crippen LogP contribution >= 0.6 is 0 Å². The van der Waals surface area contributed by atoms with Gasteiger partial charge < -0.3 is 14.7 Å². The molecule has 1 fully saturated rings. The average molecular weight is 293 g/mol. The van der Waals surface area contributed by atoms with Crippen molar-refractivity contribution >= 4 is 11.6 Å². The Morgan fingerprint density at radius 2 is 2.18 bits per heavy atom. The molecule has 2 N–H and O–H groups in total. The normalized spacial score (nSPS) is 19.8. The first-order chi connectivity index (χ1) is 10.8. The molecule has 2 atom stereocenters. The zero-order valence-electron chi connectivity index (χ0n) is 11.8. The van der Waals surface area contributed by atoms with Gasteiger partial charge in [-0.3, -0.25) is 4.79 Å². The van der Waals surface area contributed by atoms with Crippen molar-refractivity contribution in [2.45, 2.75) is 12.3 Å². The Balaban J connectivity index is 1.52. The summed E-state index contributed by atoms with van der Waals surface area (Å²) in [6.07, 6.45) is 5.95. The largest absolute Gasteiger partial charge is 0.469 e. The molecule has 0 spiro atoms. The summed E-state index contributed by atoms with van der Waals surface area (Å²) >= 11 is 0. The molecule has 2 heterocycles. The zero-order valence-corrected chi connectivity index (χ0v) is 11.8. The lowest BCUT2D eigenvalue weighted by molar-refractivity contribution is -0.117. The number of carbonyl (C=O) groups is 1. The Labute approximate surface area is 127 Å². The number of furan rings is 1. The zero-order chi connectivity index (χ0) is 14.9. The number of hydrogen-bond acceptors (Lipinski definition) is 3. The van der Waals surface area contributed by atoms with Crippen molar-refractivity contribution in [3.8, 4) is 11.4 Å². The van der Waals surface area contributed by atoms with Gasteiger partial charge in [-0.05, 0) is 30.7 Å². The van der Waals surface area contributed by atoms with Crippen molar-refractivity contribution in [2.24, 2.45) is 5.92 Å². The fourth-order valence-corrected chi connectivity index (χ4v) is 2.74. The molecule has 0 unspecified atom stereocenters. The van der Waals surface area contributed by atoms with Crippen molar-refractivity contribution < 1.29 is 9.21 Å². The van der Waals surface area contributed by atoms with Crippen LogP contribution in [-0.4, -0.2) is 15.9 Å². The summed E-state index contributed by atoms with van der Waals surface area (Å²) in [7, 11) is 0. The summed E-state index contributed by atoms with van der Waals surface area (Å²) in [6.45, 7) is 0. The van der Waals surface area contributed by atoms with Crippen molar-refractivity contribution in [3.63, 3.8) is 0 Å². The van der Waals surface area contributed by atoms with E-state index in [4.69, 9.17) is 4.42 Å². The molecule has 0 bridgehead atoms. The minimum absolute atomic E-state index is 0.0178. The molecular formula is C17H15N3O2. The van der Waals surface area contributed by atoms with E-state index in [-0.39, 0.29) is 17.7 Å². The standard InChI is InChI=1S/C17H15N3O2/c21-17(13-10-12(13)15-6-3-9-22-15)20-14-5-2-1-4-11(14)16-18-7-8-19-16/h1-9,12-13H,10H2,(H,18,19)(H,20,21)/t12-,13-/m0/s1. The Hall–Kier alpha value is -2.82. The number of aromatic amines is 1. The highest BCUT2D eigenvalue weighted by Gasteiger charge is 2.45. The first kappa shape index (κ1) is 12.9. The number of benzene rings is 1. The van der Waals surface area contributed by atoms with E-state index >= 15 is 0 Å². The Bertz CT molecular complexity index is 778. The number of nitrogens with one attached hydrogen (secondary N) is 2. The van der Waals surface area contributed by atoms with Gasteiger partial charge in [-0.15, -0.1) is 0 Å². The maximum absolute atomic E-state index is 12.4. The fourth-order valence-electron chi connectivity index (χ4n) is 2.74. The third-order valence-corrected chi connectivity index (χ3v) is 3.97. The Morgan fingerprint density at radius 3 is 2.95 bits per heavy atom. The van der Waals surface area contributed by atoms with Crippen LogP contribution in [0, 0.1) is 5.92 Å². The summed E-state index contributed by atoms with van der Waals surface area (Å²) in [5, 5.41) is 3.01. The third kappa shape index (κ3) is 2.30. The van der Waals surface area contributed by atoms with Crippen LogP contribution in [0.5, 0.6) is 0 Å². The molecule has 1 aliphatic rings. The lowest BCUT2D eigenvalue weighted by Crippen LogP contribution is -2.15. The Kier molecular flexibility index (Phi) is 3.04. The van der Waals surface area contributed by atoms with Crippen LogP contribution in [0.2, 0.25) is 0 Å². The van der Waals surface area contributed by atoms with Gasteiger partial charge in [0, 0.05) is 29.8 Å². The van der Waals surface area contributed by atoms with E-state index in [1.165, 1.54) is 0 Å². The van der Waals surface area contributed by atoms with E-state index in [0.717, 1.165) is 29.3 Å². The summed E-state index contributed by atoms with van der Waals surface area (Å²) in [4.78, 5) is 19.7. The molecule has 5 heteroatoms. The van der Waals surface area contributed by atoms with Crippen LogP contribution in [0.1, 0.15) is 18.1 Å². The maximum Gasteiger partial charge on any atom is 0.228 e. The molecule has 5 nitrogen and oxygen atoms in total. The highest BCUT2D eigenvalue weighted by molar-refractivity contribution is 5.98. The van der Waals surface area contributed by atoms with Crippen LogP contribution in [-0.2, 0) is 4.79 Å². The first-order valence-electron chi connectivity index (χ1n) is 7.26. The molecule has 22 heavy (non-hydrogen) atoms. The number of anilines is 1. The molecular weight excluding hydrogens is 278 g/mol. The van der Waals surface area contributed by atoms with Gasteiger partial charge in [0.05, 0.1) is 12.0 Å². The van der Waals surface area contributed by atoms with E-state index in [0.29, 0.717) is 0 Å². The van der Waals surface area contributed by atoms with Gasteiger partial charge in [0.1, 0.15) is 11.6 Å². The average Bonchev–Trinajstić information content (AvgIpc) is 2.96. The van der Waals surface area contributed by atoms with Crippen molar-refractivity contribution in [3.05, 3.63) is 60.8 Å². The first-order valence-corrected chi connectivity index (χ1v) is 7.26. The van der Waals surface area contributed by atoms with Gasteiger partial charge in [0.2, 0.25) is 5.91 Å². The van der Waals surface area contributed by atoms with E-state index in [1.807, 2.05) is 36.4 Å². The molecule has 110 valence electrons. The van der Waals surface area contributed by atoms with Gasteiger partial charge in [-0.2, -0.15) is 0 Å². The molecule has 4 rings (SSSR count). The smallest absolute Gasteiger partial charge is 0.228 e. The number of amides is 1. The van der Waals surface area contributed by atoms with Crippen molar-refractivity contribution in [1.82, 2.24) is 9.97 Å². The lowest BCUT2D eigenvalue weighted by atomic mass is 10.1. The van der Waals surface area contributed by atoms with Crippen molar-refractivity contribution in [2.75, 3.05) is 5.32 Å². The number of hydrogen-bond donors (Lipinski definition) is 2. The van der Waals surface area contributed by atoms with Crippen LogP contribution in [0.15, 0.2) is 59.5 Å². The number of aromatic nitrogens is 2. The number of para-hydroxylation sites is 1. The van der Waals surface area contributed by atoms with Gasteiger partial charge in [-0.25, -0.2) is 4.98 Å². The van der Waals surface area contributed by atoms with Crippen LogP contribution < -0.4 is 5.32 Å². The van der Waals surface area contributed by atoms with Crippen LogP contribution in [0.25, 0.3) is 11.4 Å². The minimum Gasteiger partial charge on any atom is -0.469 e. The topological polar surface area (TPSA) is 70.9 Å². The van der Waals surface area contributed by atoms with E-state index < -0.39 is 0 Å². The van der Waals surface area contributed by atoms with Crippen molar-refractivity contribution in [1.29, 1.82) is 0 Å². The highest BCUT2D eigenvalue weighted by Crippen LogP contribution is 2.48. The van der Waals surface area contributed by atoms with Gasteiger partial charge in [0.25, 0.3) is 0 Å². The molecule has 0 radical (unpaired) electrons. The quantitative estimate of drug-likeness (QED) is 0.774. The van der Waals surface area contributed by atoms with E-state index in [9.17, 15) is 4.79 Å². The van der Waals surface area contributed by atoms with E-state index in [1.54, 1.807) is 18.7 Å². The number of rotatable bonds is 4.